The summed E-state index contributed by atoms with van der Waals surface area (Å²) in [6, 6.07) is 3.36. The van der Waals surface area contributed by atoms with Gasteiger partial charge < -0.3 is 9.47 Å². The highest BCUT2D eigenvalue weighted by Crippen LogP contribution is 2.30. The van der Waals surface area contributed by atoms with Crippen molar-refractivity contribution >= 4 is 29.2 Å². The Morgan fingerprint density at radius 3 is 2.26 bits per heavy atom. The van der Waals surface area contributed by atoms with Crippen LogP contribution in [0.15, 0.2) is 18.2 Å². The number of hydrogen-bond acceptors (Lipinski definition) is 5. The fraction of sp³-hybridized carbons (Fsp3) is 0.286. The van der Waals surface area contributed by atoms with Crippen molar-refractivity contribution in [3.05, 3.63) is 29.3 Å². The fourth-order valence-electron chi connectivity index (χ4n) is 1.50. The molecule has 1 aromatic rings. The number of ether oxygens (including phenoxy) is 2. The molecule has 0 saturated heterocycles. The topological polar surface area (TPSA) is 52.6 Å². The first-order valence-corrected chi connectivity index (χ1v) is 6.62. The number of hydrogen-bond donors (Lipinski definition) is 0. The predicted molar refractivity (Wildman–Crippen MR) is 77.1 cm³/mol. The lowest BCUT2D eigenvalue weighted by atomic mass is 10.1. The Morgan fingerprint density at radius 2 is 1.79 bits per heavy atom. The molecule has 0 saturated carbocycles. The predicted octanol–water partition coefficient (Wildman–Crippen LogP) is 2.81. The maximum atomic E-state index is 11.0. The maximum Gasteiger partial charge on any atom is 0.186 e. The quantitative estimate of drug-likeness (QED) is 0.750. The van der Waals surface area contributed by atoms with E-state index in [4.69, 9.17) is 9.47 Å². The average Bonchev–Trinajstić information content (AvgIpc) is 2.42. The summed E-state index contributed by atoms with van der Waals surface area (Å²) in [4.78, 5) is 21.8. The molecule has 0 aliphatic rings. The Hall–Kier alpha value is -1.75. The number of carbonyl (C=O) groups excluding carboxylic acids is 2. The van der Waals surface area contributed by atoms with Crippen LogP contribution in [0.5, 0.6) is 11.5 Å². The SMILES string of the molecule is COc1cc(C=O)c(C=CCSC(C)=O)cc1OC. The van der Waals surface area contributed by atoms with Gasteiger partial charge in [0.2, 0.25) is 0 Å². The van der Waals surface area contributed by atoms with Gasteiger partial charge >= 0.3 is 0 Å². The van der Waals surface area contributed by atoms with E-state index >= 15 is 0 Å². The van der Waals surface area contributed by atoms with Crippen molar-refractivity contribution in [2.24, 2.45) is 0 Å². The lowest BCUT2D eigenvalue weighted by Crippen LogP contribution is -1.95. The molecule has 0 aromatic heterocycles. The van der Waals surface area contributed by atoms with E-state index in [1.54, 1.807) is 18.2 Å². The largest absolute Gasteiger partial charge is 0.493 e. The van der Waals surface area contributed by atoms with Gasteiger partial charge in [0.1, 0.15) is 0 Å². The number of aldehydes is 1. The van der Waals surface area contributed by atoms with E-state index in [0.29, 0.717) is 22.8 Å². The lowest BCUT2D eigenvalue weighted by Gasteiger charge is -2.10. The smallest absolute Gasteiger partial charge is 0.186 e. The molecule has 0 unspecified atom stereocenters. The monoisotopic (exact) mass is 280 g/mol. The molecule has 0 spiro atoms. The molecular formula is C14H16O4S. The molecule has 0 N–H and O–H groups in total. The van der Waals surface area contributed by atoms with E-state index in [9.17, 15) is 9.59 Å². The van der Waals surface area contributed by atoms with Crippen molar-refractivity contribution in [2.45, 2.75) is 6.92 Å². The lowest BCUT2D eigenvalue weighted by molar-refractivity contribution is -0.109. The zero-order valence-corrected chi connectivity index (χ0v) is 12.0. The number of methoxy groups -OCH3 is 2. The summed E-state index contributed by atoms with van der Waals surface area (Å²) >= 11 is 1.21. The van der Waals surface area contributed by atoms with Gasteiger partial charge in [-0.1, -0.05) is 23.9 Å². The van der Waals surface area contributed by atoms with E-state index in [2.05, 4.69) is 0 Å². The van der Waals surface area contributed by atoms with Crippen molar-refractivity contribution in [2.75, 3.05) is 20.0 Å². The molecular weight excluding hydrogens is 264 g/mol. The Labute approximate surface area is 116 Å². The van der Waals surface area contributed by atoms with Gasteiger partial charge in [-0.15, -0.1) is 0 Å². The second kappa shape index (κ2) is 7.63. The molecule has 0 heterocycles. The third kappa shape index (κ3) is 4.44. The molecule has 1 aromatic carbocycles. The number of rotatable bonds is 6. The van der Waals surface area contributed by atoms with Crippen molar-refractivity contribution < 1.29 is 19.1 Å². The minimum atomic E-state index is 0.0626. The highest BCUT2D eigenvalue weighted by molar-refractivity contribution is 8.13. The zero-order chi connectivity index (χ0) is 14.3. The first kappa shape index (κ1) is 15.3. The first-order chi connectivity index (χ1) is 9.12. The minimum Gasteiger partial charge on any atom is -0.493 e. The molecule has 19 heavy (non-hydrogen) atoms. The van der Waals surface area contributed by atoms with E-state index in [1.165, 1.54) is 32.9 Å². The molecule has 102 valence electrons. The van der Waals surface area contributed by atoms with Crippen LogP contribution in [-0.2, 0) is 4.79 Å². The minimum absolute atomic E-state index is 0.0626. The summed E-state index contributed by atoms with van der Waals surface area (Å²) in [6.45, 7) is 1.52. The average molecular weight is 280 g/mol. The summed E-state index contributed by atoms with van der Waals surface area (Å²) < 4.78 is 10.3. The summed E-state index contributed by atoms with van der Waals surface area (Å²) in [7, 11) is 3.06. The normalized spacial score (nSPS) is 10.5. The summed E-state index contributed by atoms with van der Waals surface area (Å²) in [5.74, 6) is 1.65. The molecule has 5 heteroatoms. The number of thioether (sulfide) groups is 1. The van der Waals surface area contributed by atoms with E-state index in [0.717, 1.165) is 11.8 Å². The van der Waals surface area contributed by atoms with Gasteiger partial charge in [-0.2, -0.15) is 0 Å². The maximum absolute atomic E-state index is 11.0. The van der Waals surface area contributed by atoms with Crippen molar-refractivity contribution in [1.29, 1.82) is 0 Å². The van der Waals surface area contributed by atoms with Crippen LogP contribution in [0.1, 0.15) is 22.8 Å². The zero-order valence-electron chi connectivity index (χ0n) is 11.1. The van der Waals surface area contributed by atoms with Crippen LogP contribution in [0.25, 0.3) is 6.08 Å². The van der Waals surface area contributed by atoms with Crippen LogP contribution in [0.4, 0.5) is 0 Å². The van der Waals surface area contributed by atoms with Crippen LogP contribution in [-0.4, -0.2) is 31.4 Å². The van der Waals surface area contributed by atoms with Gasteiger partial charge in [0.15, 0.2) is 22.9 Å². The highest BCUT2D eigenvalue weighted by atomic mass is 32.2. The van der Waals surface area contributed by atoms with Crippen LogP contribution in [0.2, 0.25) is 0 Å². The molecule has 0 atom stereocenters. The Balaban J connectivity index is 2.98. The third-order valence-corrected chi connectivity index (χ3v) is 3.16. The van der Waals surface area contributed by atoms with Crippen molar-refractivity contribution in [3.8, 4) is 11.5 Å². The van der Waals surface area contributed by atoms with Gasteiger partial charge in [0.05, 0.1) is 14.2 Å². The van der Waals surface area contributed by atoms with Gasteiger partial charge in [0, 0.05) is 18.2 Å². The van der Waals surface area contributed by atoms with Crippen molar-refractivity contribution in [1.82, 2.24) is 0 Å². The van der Waals surface area contributed by atoms with E-state index < -0.39 is 0 Å². The molecule has 0 amide bonds. The summed E-state index contributed by atoms with van der Waals surface area (Å²) in [6.07, 6.45) is 4.39. The standard InChI is InChI=1S/C14H16O4S/c1-10(16)19-6-4-5-11-7-13(17-2)14(18-3)8-12(11)9-15/h4-5,7-9H,6H2,1-3H3. The van der Waals surface area contributed by atoms with Crippen LogP contribution >= 0.6 is 11.8 Å². The van der Waals surface area contributed by atoms with E-state index in [1.807, 2.05) is 6.08 Å². The molecule has 0 aliphatic carbocycles. The summed E-state index contributed by atoms with van der Waals surface area (Å²) in [5, 5.41) is 0.0626. The molecule has 0 fully saturated rings. The number of carbonyl (C=O) groups is 2. The van der Waals surface area contributed by atoms with Gasteiger partial charge in [0.25, 0.3) is 0 Å². The Kier molecular flexibility index (Phi) is 6.15. The second-order valence-electron chi connectivity index (χ2n) is 3.66. The van der Waals surface area contributed by atoms with E-state index in [-0.39, 0.29) is 5.12 Å². The third-order valence-electron chi connectivity index (χ3n) is 2.40. The molecule has 0 aliphatic heterocycles. The second-order valence-corrected chi connectivity index (χ2v) is 4.86. The molecule has 0 radical (unpaired) electrons. The Bertz CT molecular complexity index is 494. The first-order valence-electron chi connectivity index (χ1n) is 5.63. The molecule has 4 nitrogen and oxygen atoms in total. The fourth-order valence-corrected chi connectivity index (χ4v) is 1.92. The van der Waals surface area contributed by atoms with Gasteiger partial charge in [-0.25, -0.2) is 0 Å². The van der Waals surface area contributed by atoms with Gasteiger partial charge in [-0.3, -0.25) is 9.59 Å². The van der Waals surface area contributed by atoms with Crippen LogP contribution in [0.3, 0.4) is 0 Å². The van der Waals surface area contributed by atoms with Gasteiger partial charge in [-0.05, 0) is 17.7 Å². The summed E-state index contributed by atoms with van der Waals surface area (Å²) in [5.41, 5.74) is 1.25. The van der Waals surface area contributed by atoms with Crippen LogP contribution < -0.4 is 9.47 Å². The van der Waals surface area contributed by atoms with Crippen molar-refractivity contribution in [3.63, 3.8) is 0 Å². The highest BCUT2D eigenvalue weighted by Gasteiger charge is 2.08. The van der Waals surface area contributed by atoms with Crippen LogP contribution in [0, 0.1) is 0 Å². The number of benzene rings is 1. The molecule has 1 rings (SSSR count). The Morgan fingerprint density at radius 1 is 1.21 bits per heavy atom. The molecule has 0 bridgehead atoms.